The summed E-state index contributed by atoms with van der Waals surface area (Å²) in [5.41, 5.74) is 0.940. The zero-order valence-corrected chi connectivity index (χ0v) is 14.1. The first-order valence-electron chi connectivity index (χ1n) is 8.69. The van der Waals surface area contributed by atoms with Gasteiger partial charge in [0.05, 0.1) is 0 Å². The smallest absolute Gasteiger partial charge is 0.246 e. The fourth-order valence-electron chi connectivity index (χ4n) is 3.54. The van der Waals surface area contributed by atoms with Crippen molar-refractivity contribution >= 4 is 17.6 Å². The first-order chi connectivity index (χ1) is 11.6. The molecule has 1 heterocycles. The second-order valence-corrected chi connectivity index (χ2v) is 6.75. The Kier molecular flexibility index (Phi) is 5.02. The van der Waals surface area contributed by atoms with Crippen LogP contribution in [0.4, 0.5) is 10.1 Å². The van der Waals surface area contributed by atoms with Crippen LogP contribution in [0.1, 0.15) is 32.6 Å². The van der Waals surface area contributed by atoms with E-state index in [1.165, 1.54) is 37.8 Å². The Morgan fingerprint density at radius 1 is 1.38 bits per heavy atom. The van der Waals surface area contributed by atoms with Crippen molar-refractivity contribution in [2.24, 2.45) is 10.4 Å². The minimum Gasteiger partial charge on any atom is -0.357 e. The molecule has 1 saturated heterocycles. The van der Waals surface area contributed by atoms with E-state index in [0.29, 0.717) is 11.1 Å². The third-order valence-corrected chi connectivity index (χ3v) is 4.97. The summed E-state index contributed by atoms with van der Waals surface area (Å²) in [5.74, 6) is 0.191. The summed E-state index contributed by atoms with van der Waals surface area (Å²) in [6.07, 6.45) is 5.16. The fourth-order valence-corrected chi connectivity index (χ4v) is 3.54. The van der Waals surface area contributed by atoms with Crippen LogP contribution >= 0.6 is 0 Å². The maximum Gasteiger partial charge on any atom is 0.246 e. The van der Waals surface area contributed by atoms with Crippen molar-refractivity contribution in [2.75, 3.05) is 31.5 Å². The van der Waals surface area contributed by atoms with Crippen LogP contribution in [0.15, 0.2) is 29.3 Å². The van der Waals surface area contributed by atoms with Gasteiger partial charge < -0.3 is 15.5 Å². The van der Waals surface area contributed by atoms with Gasteiger partial charge in [0.25, 0.3) is 0 Å². The number of amides is 1. The van der Waals surface area contributed by atoms with Crippen LogP contribution in [-0.4, -0.2) is 42.9 Å². The van der Waals surface area contributed by atoms with Gasteiger partial charge in [-0.3, -0.25) is 4.79 Å². The molecule has 2 aliphatic rings. The van der Waals surface area contributed by atoms with E-state index < -0.39 is 0 Å². The summed E-state index contributed by atoms with van der Waals surface area (Å²) in [4.78, 5) is 18.8. The maximum atomic E-state index is 13.2. The second kappa shape index (κ2) is 7.20. The molecule has 2 N–H and O–H groups in total. The minimum absolute atomic E-state index is 0.0301. The number of aliphatic imine (C=N–C) groups is 1. The molecule has 0 aromatic heterocycles. The molecule has 0 unspecified atom stereocenters. The Labute approximate surface area is 142 Å². The summed E-state index contributed by atoms with van der Waals surface area (Å²) in [7, 11) is 0. The molecule has 1 aromatic rings. The van der Waals surface area contributed by atoms with Gasteiger partial charge in [-0.2, -0.15) is 0 Å². The quantitative estimate of drug-likeness (QED) is 0.658. The molecule has 3 rings (SSSR count). The molecule has 1 saturated carbocycles. The summed E-state index contributed by atoms with van der Waals surface area (Å²) >= 11 is 0. The van der Waals surface area contributed by atoms with Crippen LogP contribution < -0.4 is 10.6 Å². The van der Waals surface area contributed by atoms with Gasteiger partial charge in [0, 0.05) is 25.3 Å². The van der Waals surface area contributed by atoms with Gasteiger partial charge in [0.1, 0.15) is 12.4 Å². The van der Waals surface area contributed by atoms with Crippen molar-refractivity contribution in [2.45, 2.75) is 32.6 Å². The number of benzene rings is 1. The lowest BCUT2D eigenvalue weighted by atomic mass is 9.68. The first-order valence-corrected chi connectivity index (χ1v) is 8.69. The highest BCUT2D eigenvalue weighted by molar-refractivity contribution is 5.94. The van der Waals surface area contributed by atoms with Crippen LogP contribution in [0.3, 0.4) is 0 Å². The monoisotopic (exact) mass is 332 g/mol. The van der Waals surface area contributed by atoms with Crippen molar-refractivity contribution in [3.63, 3.8) is 0 Å². The van der Waals surface area contributed by atoms with Crippen LogP contribution in [-0.2, 0) is 4.79 Å². The van der Waals surface area contributed by atoms with Gasteiger partial charge in [-0.25, -0.2) is 9.38 Å². The van der Waals surface area contributed by atoms with Gasteiger partial charge in [0.15, 0.2) is 5.96 Å². The molecule has 2 fully saturated rings. The molecule has 1 amide bonds. The predicted molar refractivity (Wildman–Crippen MR) is 93.5 cm³/mol. The lowest BCUT2D eigenvalue weighted by molar-refractivity contribution is -0.114. The molecule has 6 heteroatoms. The molecule has 5 nitrogen and oxygen atoms in total. The van der Waals surface area contributed by atoms with Crippen molar-refractivity contribution in [3.8, 4) is 0 Å². The lowest BCUT2D eigenvalue weighted by Gasteiger charge is -2.38. The second-order valence-electron chi connectivity index (χ2n) is 6.75. The normalized spacial score (nSPS) is 19.2. The minimum atomic E-state index is -0.368. The molecule has 1 aromatic carbocycles. The molecule has 0 radical (unpaired) electrons. The van der Waals surface area contributed by atoms with Gasteiger partial charge in [-0.15, -0.1) is 0 Å². The SMILES string of the molecule is CCNC(=NCC(=O)Nc1cccc(F)c1)N1CCC2(CCC2)C1. The maximum absolute atomic E-state index is 13.2. The number of halogens is 1. The Hall–Kier alpha value is -2.11. The van der Waals surface area contributed by atoms with Crippen molar-refractivity contribution in [1.82, 2.24) is 10.2 Å². The molecule has 1 spiro atoms. The number of carbonyl (C=O) groups is 1. The molecule has 1 aliphatic heterocycles. The van der Waals surface area contributed by atoms with Crippen molar-refractivity contribution in [3.05, 3.63) is 30.1 Å². The first kappa shape index (κ1) is 16.7. The highest BCUT2D eigenvalue weighted by Crippen LogP contribution is 2.47. The number of rotatable bonds is 4. The average molecular weight is 332 g/mol. The number of anilines is 1. The Balaban J connectivity index is 1.58. The van der Waals surface area contributed by atoms with Gasteiger partial charge >= 0.3 is 0 Å². The molecule has 130 valence electrons. The number of nitrogens with zero attached hydrogens (tertiary/aromatic N) is 2. The van der Waals surface area contributed by atoms with Gasteiger partial charge in [0.2, 0.25) is 5.91 Å². The van der Waals surface area contributed by atoms with E-state index in [4.69, 9.17) is 0 Å². The Morgan fingerprint density at radius 2 is 2.21 bits per heavy atom. The average Bonchev–Trinajstić information content (AvgIpc) is 2.97. The Morgan fingerprint density at radius 3 is 2.83 bits per heavy atom. The summed E-state index contributed by atoms with van der Waals surface area (Å²) in [6, 6.07) is 5.88. The standard InChI is InChI=1S/C18H25FN4O/c1-2-20-17(23-10-9-18(13-23)7-4-8-18)21-12-16(24)22-15-6-3-5-14(19)11-15/h3,5-6,11H,2,4,7-10,12-13H2,1H3,(H,20,21)(H,22,24). The summed E-state index contributed by atoms with van der Waals surface area (Å²) in [6.45, 7) is 4.86. The highest BCUT2D eigenvalue weighted by Gasteiger charge is 2.43. The lowest BCUT2D eigenvalue weighted by Crippen LogP contribution is -2.43. The topological polar surface area (TPSA) is 56.7 Å². The highest BCUT2D eigenvalue weighted by atomic mass is 19.1. The van der Waals surface area contributed by atoms with E-state index in [9.17, 15) is 9.18 Å². The zero-order chi connectivity index (χ0) is 17.0. The van der Waals surface area contributed by atoms with E-state index in [0.717, 1.165) is 25.6 Å². The van der Waals surface area contributed by atoms with E-state index in [1.54, 1.807) is 12.1 Å². The van der Waals surface area contributed by atoms with Crippen LogP contribution in [0.2, 0.25) is 0 Å². The number of nitrogens with one attached hydrogen (secondary N) is 2. The number of carbonyl (C=O) groups excluding carboxylic acids is 1. The van der Waals surface area contributed by atoms with Crippen LogP contribution in [0.5, 0.6) is 0 Å². The third kappa shape index (κ3) is 3.86. The predicted octanol–water partition coefficient (Wildman–Crippen LogP) is 2.61. The summed E-state index contributed by atoms with van der Waals surface area (Å²) < 4.78 is 13.2. The van der Waals surface area contributed by atoms with E-state index in [2.05, 4.69) is 20.5 Å². The zero-order valence-electron chi connectivity index (χ0n) is 14.1. The number of likely N-dealkylation sites (tertiary alicyclic amines) is 1. The largest absolute Gasteiger partial charge is 0.357 e. The number of guanidine groups is 1. The molecule has 24 heavy (non-hydrogen) atoms. The Bertz CT molecular complexity index is 627. The van der Waals surface area contributed by atoms with Gasteiger partial charge in [-0.05, 0) is 49.8 Å². The molecular formula is C18H25FN4O. The van der Waals surface area contributed by atoms with Crippen molar-refractivity contribution < 1.29 is 9.18 Å². The molecule has 0 atom stereocenters. The van der Waals surface area contributed by atoms with E-state index in [1.807, 2.05) is 6.92 Å². The number of hydrogen-bond donors (Lipinski definition) is 2. The van der Waals surface area contributed by atoms with Crippen molar-refractivity contribution in [1.29, 1.82) is 0 Å². The molecule has 1 aliphatic carbocycles. The van der Waals surface area contributed by atoms with Crippen LogP contribution in [0, 0.1) is 11.2 Å². The van der Waals surface area contributed by atoms with Gasteiger partial charge in [-0.1, -0.05) is 12.5 Å². The van der Waals surface area contributed by atoms with Crippen LogP contribution in [0.25, 0.3) is 0 Å². The fraction of sp³-hybridized carbons (Fsp3) is 0.556. The third-order valence-electron chi connectivity index (χ3n) is 4.97. The molecular weight excluding hydrogens is 307 g/mol. The molecule has 0 bridgehead atoms. The van der Waals surface area contributed by atoms with E-state index >= 15 is 0 Å². The summed E-state index contributed by atoms with van der Waals surface area (Å²) in [5, 5.41) is 5.95. The number of hydrogen-bond acceptors (Lipinski definition) is 2. The van der Waals surface area contributed by atoms with E-state index in [-0.39, 0.29) is 18.3 Å².